The molecule has 0 bridgehead atoms. The SMILES string of the molecule is Cc1ccc(-c2nc(C(=O)O[C@H](C)c3ccc(F)cc3)cs2)cc1. The minimum Gasteiger partial charge on any atom is -0.453 e. The minimum atomic E-state index is -0.485. The summed E-state index contributed by atoms with van der Waals surface area (Å²) in [5.74, 6) is -0.805. The lowest BCUT2D eigenvalue weighted by molar-refractivity contribution is 0.0332. The Morgan fingerprint density at radius 1 is 1.12 bits per heavy atom. The lowest BCUT2D eigenvalue weighted by Crippen LogP contribution is -2.09. The molecule has 0 radical (unpaired) electrons. The van der Waals surface area contributed by atoms with Gasteiger partial charge >= 0.3 is 5.97 Å². The lowest BCUT2D eigenvalue weighted by Gasteiger charge is -2.12. The van der Waals surface area contributed by atoms with Gasteiger partial charge in [0.05, 0.1) is 0 Å². The van der Waals surface area contributed by atoms with E-state index in [0.29, 0.717) is 0 Å². The molecule has 0 N–H and O–H groups in total. The molecule has 5 heteroatoms. The fourth-order valence-corrected chi connectivity index (χ4v) is 3.01. The summed E-state index contributed by atoms with van der Waals surface area (Å²) in [7, 11) is 0. The Labute approximate surface area is 143 Å². The number of benzene rings is 2. The van der Waals surface area contributed by atoms with Gasteiger partial charge in [0.2, 0.25) is 0 Å². The van der Waals surface area contributed by atoms with Gasteiger partial charge in [-0.05, 0) is 31.5 Å². The maximum atomic E-state index is 13.0. The zero-order chi connectivity index (χ0) is 17.1. The van der Waals surface area contributed by atoms with E-state index in [0.717, 1.165) is 16.1 Å². The molecule has 2 aromatic carbocycles. The Balaban J connectivity index is 1.71. The van der Waals surface area contributed by atoms with Gasteiger partial charge in [-0.2, -0.15) is 0 Å². The van der Waals surface area contributed by atoms with Crippen molar-refractivity contribution in [3.63, 3.8) is 0 Å². The smallest absolute Gasteiger partial charge is 0.358 e. The van der Waals surface area contributed by atoms with Crippen LogP contribution in [0.15, 0.2) is 53.9 Å². The van der Waals surface area contributed by atoms with E-state index in [1.807, 2.05) is 31.2 Å². The number of aryl methyl sites for hydroxylation is 1. The monoisotopic (exact) mass is 341 g/mol. The standard InChI is InChI=1S/C19H16FNO2S/c1-12-3-5-15(6-4-12)18-21-17(11-24-18)19(22)23-13(2)14-7-9-16(20)10-8-14/h3-11,13H,1-2H3/t13-/m1/s1. The molecule has 0 aliphatic carbocycles. The van der Waals surface area contributed by atoms with Gasteiger partial charge in [-0.25, -0.2) is 14.2 Å². The number of carbonyl (C=O) groups excluding carboxylic acids is 1. The second kappa shape index (κ2) is 6.93. The van der Waals surface area contributed by atoms with Crippen molar-refractivity contribution < 1.29 is 13.9 Å². The third-order valence-electron chi connectivity index (χ3n) is 3.64. The molecule has 0 fully saturated rings. The van der Waals surface area contributed by atoms with E-state index in [4.69, 9.17) is 4.74 Å². The Kier molecular flexibility index (Phi) is 4.71. The van der Waals surface area contributed by atoms with Crippen LogP contribution in [-0.4, -0.2) is 11.0 Å². The predicted molar refractivity (Wildman–Crippen MR) is 92.5 cm³/mol. The highest BCUT2D eigenvalue weighted by molar-refractivity contribution is 7.13. The van der Waals surface area contributed by atoms with Gasteiger partial charge in [-0.3, -0.25) is 0 Å². The molecule has 1 aromatic heterocycles. The molecular formula is C19H16FNO2S. The van der Waals surface area contributed by atoms with Crippen LogP contribution in [0.25, 0.3) is 10.6 Å². The van der Waals surface area contributed by atoms with Gasteiger partial charge in [0, 0.05) is 10.9 Å². The van der Waals surface area contributed by atoms with E-state index in [1.165, 1.54) is 29.0 Å². The Morgan fingerprint density at radius 2 is 1.79 bits per heavy atom. The molecule has 0 amide bonds. The van der Waals surface area contributed by atoms with Crippen LogP contribution in [0.1, 0.15) is 34.6 Å². The average molecular weight is 341 g/mol. The summed E-state index contributed by atoms with van der Waals surface area (Å²) >= 11 is 1.40. The average Bonchev–Trinajstić information content (AvgIpc) is 3.06. The van der Waals surface area contributed by atoms with E-state index in [-0.39, 0.29) is 11.5 Å². The second-order valence-corrected chi connectivity index (χ2v) is 6.36. The molecule has 24 heavy (non-hydrogen) atoms. The van der Waals surface area contributed by atoms with Gasteiger partial charge in [-0.1, -0.05) is 42.0 Å². The zero-order valence-electron chi connectivity index (χ0n) is 13.3. The van der Waals surface area contributed by atoms with Crippen LogP contribution in [0.2, 0.25) is 0 Å². The first-order valence-electron chi connectivity index (χ1n) is 7.52. The highest BCUT2D eigenvalue weighted by Gasteiger charge is 2.17. The van der Waals surface area contributed by atoms with Crippen molar-refractivity contribution in [2.75, 3.05) is 0 Å². The number of aromatic nitrogens is 1. The Hall–Kier alpha value is -2.53. The van der Waals surface area contributed by atoms with Crippen LogP contribution in [0.3, 0.4) is 0 Å². The molecule has 0 aliphatic rings. The van der Waals surface area contributed by atoms with Crippen molar-refractivity contribution in [3.05, 3.63) is 76.5 Å². The van der Waals surface area contributed by atoms with E-state index in [1.54, 1.807) is 24.4 Å². The summed E-state index contributed by atoms with van der Waals surface area (Å²) in [6.45, 7) is 3.77. The quantitative estimate of drug-likeness (QED) is 0.614. The van der Waals surface area contributed by atoms with Crippen molar-refractivity contribution in [3.8, 4) is 10.6 Å². The summed E-state index contributed by atoms with van der Waals surface area (Å²) in [5, 5.41) is 2.46. The second-order valence-electron chi connectivity index (χ2n) is 5.50. The molecule has 3 nitrogen and oxygen atoms in total. The Bertz CT molecular complexity index is 841. The molecule has 1 atom stereocenters. The normalized spacial score (nSPS) is 12.0. The first-order chi connectivity index (χ1) is 11.5. The summed E-state index contributed by atoms with van der Waals surface area (Å²) in [6, 6.07) is 13.9. The van der Waals surface area contributed by atoms with Gasteiger partial charge in [-0.15, -0.1) is 11.3 Å². The molecule has 0 unspecified atom stereocenters. The van der Waals surface area contributed by atoms with E-state index < -0.39 is 12.1 Å². The van der Waals surface area contributed by atoms with E-state index >= 15 is 0 Å². The zero-order valence-corrected chi connectivity index (χ0v) is 14.1. The fourth-order valence-electron chi connectivity index (χ4n) is 2.22. The summed E-state index contributed by atoms with van der Waals surface area (Å²) in [4.78, 5) is 16.6. The summed E-state index contributed by atoms with van der Waals surface area (Å²) in [5.41, 5.74) is 3.16. The first kappa shape index (κ1) is 16.3. The maximum absolute atomic E-state index is 13.0. The van der Waals surface area contributed by atoms with Crippen molar-refractivity contribution in [2.24, 2.45) is 0 Å². The topological polar surface area (TPSA) is 39.2 Å². The van der Waals surface area contributed by atoms with Crippen LogP contribution in [0.5, 0.6) is 0 Å². The minimum absolute atomic E-state index is 0.282. The summed E-state index contributed by atoms with van der Waals surface area (Å²) in [6.07, 6.45) is -0.470. The number of hydrogen-bond acceptors (Lipinski definition) is 4. The highest BCUT2D eigenvalue weighted by Crippen LogP contribution is 2.25. The number of thiazole rings is 1. The lowest BCUT2D eigenvalue weighted by atomic mass is 10.1. The molecule has 1 heterocycles. The van der Waals surface area contributed by atoms with Gasteiger partial charge in [0.15, 0.2) is 5.69 Å². The van der Waals surface area contributed by atoms with Crippen LogP contribution < -0.4 is 0 Å². The summed E-state index contributed by atoms with van der Waals surface area (Å²) < 4.78 is 18.4. The molecule has 0 saturated carbocycles. The molecule has 0 spiro atoms. The van der Waals surface area contributed by atoms with E-state index in [9.17, 15) is 9.18 Å². The predicted octanol–water partition coefficient (Wildman–Crippen LogP) is 5.18. The van der Waals surface area contributed by atoms with Crippen molar-refractivity contribution in [1.82, 2.24) is 4.98 Å². The van der Waals surface area contributed by atoms with Gasteiger partial charge in [0.25, 0.3) is 0 Å². The van der Waals surface area contributed by atoms with Gasteiger partial charge < -0.3 is 4.74 Å². The molecule has 122 valence electrons. The van der Waals surface area contributed by atoms with Crippen LogP contribution in [0.4, 0.5) is 4.39 Å². The van der Waals surface area contributed by atoms with Gasteiger partial charge in [0.1, 0.15) is 16.9 Å². The molecule has 0 aliphatic heterocycles. The van der Waals surface area contributed by atoms with Crippen LogP contribution in [0, 0.1) is 12.7 Å². The number of carbonyl (C=O) groups is 1. The van der Waals surface area contributed by atoms with Crippen molar-refractivity contribution in [2.45, 2.75) is 20.0 Å². The number of rotatable bonds is 4. The number of hydrogen-bond donors (Lipinski definition) is 0. The van der Waals surface area contributed by atoms with Crippen molar-refractivity contribution in [1.29, 1.82) is 0 Å². The van der Waals surface area contributed by atoms with Crippen LogP contribution in [-0.2, 0) is 4.74 Å². The van der Waals surface area contributed by atoms with E-state index in [2.05, 4.69) is 4.98 Å². The first-order valence-corrected chi connectivity index (χ1v) is 8.40. The Morgan fingerprint density at radius 3 is 2.46 bits per heavy atom. The molecule has 0 saturated heterocycles. The number of ether oxygens (including phenoxy) is 1. The number of halogens is 1. The fraction of sp³-hybridized carbons (Fsp3) is 0.158. The maximum Gasteiger partial charge on any atom is 0.358 e. The third kappa shape index (κ3) is 3.68. The third-order valence-corrected chi connectivity index (χ3v) is 4.53. The number of esters is 1. The van der Waals surface area contributed by atoms with Crippen molar-refractivity contribution >= 4 is 17.3 Å². The number of nitrogens with zero attached hydrogens (tertiary/aromatic N) is 1. The largest absolute Gasteiger partial charge is 0.453 e. The molecule has 3 aromatic rings. The molecule has 3 rings (SSSR count). The molecular weight excluding hydrogens is 325 g/mol. The van der Waals surface area contributed by atoms with Crippen LogP contribution >= 0.6 is 11.3 Å². The highest BCUT2D eigenvalue weighted by atomic mass is 32.1.